The van der Waals surface area contributed by atoms with E-state index >= 15 is 0 Å². The average molecular weight is 427 g/mol. The number of carbonyl (C=O) groups is 1. The van der Waals surface area contributed by atoms with Crippen LogP contribution in [0.1, 0.15) is 36.1 Å². The number of amides is 1. The molecule has 27 heavy (non-hydrogen) atoms. The van der Waals surface area contributed by atoms with Crippen molar-refractivity contribution in [1.29, 1.82) is 0 Å². The van der Waals surface area contributed by atoms with Crippen molar-refractivity contribution in [2.75, 3.05) is 6.54 Å². The molecule has 1 aromatic heterocycles. The summed E-state index contributed by atoms with van der Waals surface area (Å²) in [6.07, 6.45) is 3.57. The van der Waals surface area contributed by atoms with Crippen LogP contribution in [0.2, 0.25) is 0 Å². The van der Waals surface area contributed by atoms with Crippen LogP contribution in [0.3, 0.4) is 0 Å². The molecule has 2 aromatic carbocycles. The fourth-order valence-corrected chi connectivity index (χ4v) is 5.07. The molecular formula is C22H20BrFN2O. The van der Waals surface area contributed by atoms with E-state index in [2.05, 4.69) is 27.0 Å². The molecule has 0 atom stereocenters. The van der Waals surface area contributed by atoms with E-state index in [1.165, 1.54) is 28.8 Å². The molecule has 0 bridgehead atoms. The van der Waals surface area contributed by atoms with E-state index in [4.69, 9.17) is 0 Å². The molecule has 0 spiro atoms. The quantitative estimate of drug-likeness (QED) is 0.609. The maximum atomic E-state index is 13.5. The van der Waals surface area contributed by atoms with Crippen molar-refractivity contribution >= 4 is 32.7 Å². The molecule has 138 valence electrons. The number of fused-ring (bicyclic) bond motifs is 3. The summed E-state index contributed by atoms with van der Waals surface area (Å²) in [6.45, 7) is 1.35. The van der Waals surface area contributed by atoms with Crippen LogP contribution in [0.15, 0.2) is 46.9 Å². The van der Waals surface area contributed by atoms with Crippen molar-refractivity contribution in [2.45, 2.75) is 37.6 Å². The van der Waals surface area contributed by atoms with E-state index in [1.807, 2.05) is 17.0 Å². The average Bonchev–Trinajstić information content (AvgIpc) is 3.02. The second-order valence-electron chi connectivity index (χ2n) is 7.66. The number of nitrogens with one attached hydrogen (secondary N) is 1. The van der Waals surface area contributed by atoms with Crippen molar-refractivity contribution in [2.24, 2.45) is 0 Å². The highest BCUT2D eigenvalue weighted by Gasteiger charge is 2.48. The first kappa shape index (κ1) is 17.0. The van der Waals surface area contributed by atoms with Crippen LogP contribution < -0.4 is 0 Å². The maximum absolute atomic E-state index is 13.5. The van der Waals surface area contributed by atoms with Gasteiger partial charge in [-0.3, -0.25) is 4.79 Å². The first-order valence-corrected chi connectivity index (χ1v) is 10.2. The van der Waals surface area contributed by atoms with Gasteiger partial charge in [-0.15, -0.1) is 0 Å². The van der Waals surface area contributed by atoms with Gasteiger partial charge in [0.15, 0.2) is 0 Å². The van der Waals surface area contributed by atoms with E-state index in [0.29, 0.717) is 6.54 Å². The molecule has 1 amide bonds. The fraction of sp³-hybridized carbons (Fsp3) is 0.318. The van der Waals surface area contributed by atoms with E-state index in [-0.39, 0.29) is 11.7 Å². The molecule has 5 rings (SSSR count). The van der Waals surface area contributed by atoms with Crippen molar-refractivity contribution in [3.8, 4) is 0 Å². The summed E-state index contributed by atoms with van der Waals surface area (Å²) in [5.41, 5.74) is 4.03. The first-order valence-electron chi connectivity index (χ1n) is 9.42. The summed E-state index contributed by atoms with van der Waals surface area (Å²) in [5.74, 6) is -0.0667. The van der Waals surface area contributed by atoms with Crippen molar-refractivity contribution in [3.05, 3.63) is 69.6 Å². The Balaban J connectivity index is 1.49. The zero-order valence-corrected chi connectivity index (χ0v) is 16.5. The summed E-state index contributed by atoms with van der Waals surface area (Å²) in [7, 11) is 0. The van der Waals surface area contributed by atoms with Crippen LogP contribution >= 0.6 is 15.9 Å². The van der Waals surface area contributed by atoms with Crippen molar-refractivity contribution in [3.63, 3.8) is 0 Å². The summed E-state index contributed by atoms with van der Waals surface area (Å²) in [5, 5.41) is 1.18. The number of nitrogens with zero attached hydrogens (tertiary/aromatic N) is 1. The van der Waals surface area contributed by atoms with E-state index in [0.717, 1.165) is 47.8 Å². The van der Waals surface area contributed by atoms with Gasteiger partial charge in [-0.1, -0.05) is 30.7 Å². The molecular weight excluding hydrogens is 407 g/mol. The summed E-state index contributed by atoms with van der Waals surface area (Å²) in [6, 6.07) is 12.7. The SMILES string of the molecule is O=C(N1CCc2[nH]c3c(Br)cccc3c2C1)C1(c2ccc(F)cc2)CCC1. The molecule has 1 aliphatic heterocycles. The number of H-pyrrole nitrogens is 1. The third-order valence-corrected chi connectivity index (χ3v) is 6.92. The minimum atomic E-state index is -0.474. The van der Waals surface area contributed by atoms with Crippen molar-refractivity contribution in [1.82, 2.24) is 9.88 Å². The van der Waals surface area contributed by atoms with Crippen LogP contribution in [-0.2, 0) is 23.2 Å². The fourth-order valence-electron chi connectivity index (χ4n) is 4.60. The molecule has 5 heteroatoms. The number of rotatable bonds is 2. The zero-order chi connectivity index (χ0) is 18.6. The highest BCUT2D eigenvalue weighted by atomic mass is 79.9. The highest BCUT2D eigenvalue weighted by molar-refractivity contribution is 9.10. The number of halogens is 2. The monoisotopic (exact) mass is 426 g/mol. The molecule has 3 nitrogen and oxygen atoms in total. The molecule has 3 aromatic rings. The number of aromatic nitrogens is 1. The van der Waals surface area contributed by atoms with Gasteiger partial charge in [0.1, 0.15) is 5.82 Å². The standard InChI is InChI=1S/C22H20BrFN2O/c23-18-4-1-3-16-17-13-26(12-9-19(17)25-20(16)18)21(27)22(10-2-11-22)14-5-7-15(24)8-6-14/h1,3-8,25H,2,9-13H2. The molecule has 0 saturated heterocycles. The van der Waals surface area contributed by atoms with Gasteiger partial charge in [0.2, 0.25) is 5.91 Å². The number of para-hydroxylation sites is 1. The lowest BCUT2D eigenvalue weighted by Crippen LogP contribution is -2.52. The van der Waals surface area contributed by atoms with Crippen LogP contribution in [-0.4, -0.2) is 22.3 Å². The molecule has 2 aliphatic rings. The van der Waals surface area contributed by atoms with Gasteiger partial charge in [0.25, 0.3) is 0 Å². The molecule has 1 saturated carbocycles. The van der Waals surface area contributed by atoms with Crippen LogP contribution in [0.25, 0.3) is 10.9 Å². The second-order valence-corrected chi connectivity index (χ2v) is 8.52. The van der Waals surface area contributed by atoms with Crippen LogP contribution in [0.5, 0.6) is 0 Å². The number of carbonyl (C=O) groups excluding carboxylic acids is 1. The van der Waals surface area contributed by atoms with Gasteiger partial charge in [0.05, 0.1) is 10.9 Å². The Morgan fingerprint density at radius 1 is 1.15 bits per heavy atom. The lowest BCUT2D eigenvalue weighted by Gasteiger charge is -2.45. The molecule has 0 unspecified atom stereocenters. The van der Waals surface area contributed by atoms with E-state index in [9.17, 15) is 9.18 Å². The Morgan fingerprint density at radius 2 is 1.93 bits per heavy atom. The third-order valence-electron chi connectivity index (χ3n) is 6.26. The predicted molar refractivity (Wildman–Crippen MR) is 107 cm³/mol. The summed E-state index contributed by atoms with van der Waals surface area (Å²) in [4.78, 5) is 19.1. The third kappa shape index (κ3) is 2.55. The zero-order valence-electron chi connectivity index (χ0n) is 14.9. The maximum Gasteiger partial charge on any atom is 0.233 e. The Bertz CT molecular complexity index is 1040. The van der Waals surface area contributed by atoms with Gasteiger partial charge in [-0.25, -0.2) is 4.39 Å². The van der Waals surface area contributed by atoms with Gasteiger partial charge in [-0.2, -0.15) is 0 Å². The highest BCUT2D eigenvalue weighted by Crippen LogP contribution is 2.46. The molecule has 0 radical (unpaired) electrons. The topological polar surface area (TPSA) is 36.1 Å². The summed E-state index contributed by atoms with van der Waals surface area (Å²) < 4.78 is 14.4. The minimum absolute atomic E-state index is 0.190. The lowest BCUT2D eigenvalue weighted by atomic mass is 9.63. The van der Waals surface area contributed by atoms with Gasteiger partial charge in [-0.05, 0) is 52.5 Å². The Labute approximate surface area is 165 Å². The summed E-state index contributed by atoms with van der Waals surface area (Å²) >= 11 is 3.61. The predicted octanol–water partition coefficient (Wildman–Crippen LogP) is 5.08. The Kier molecular flexibility index (Phi) is 3.90. The number of hydrogen-bond acceptors (Lipinski definition) is 1. The Morgan fingerprint density at radius 3 is 2.63 bits per heavy atom. The van der Waals surface area contributed by atoms with Crippen LogP contribution in [0.4, 0.5) is 4.39 Å². The molecule has 1 fully saturated rings. The molecule has 1 aliphatic carbocycles. The number of hydrogen-bond donors (Lipinski definition) is 1. The van der Waals surface area contributed by atoms with Gasteiger partial charge >= 0.3 is 0 Å². The molecule has 1 N–H and O–H groups in total. The largest absolute Gasteiger partial charge is 0.357 e. The second kappa shape index (κ2) is 6.20. The Hall–Kier alpha value is -2.14. The number of aromatic amines is 1. The number of benzene rings is 2. The van der Waals surface area contributed by atoms with Crippen LogP contribution in [0, 0.1) is 5.82 Å². The van der Waals surface area contributed by atoms with E-state index < -0.39 is 5.41 Å². The van der Waals surface area contributed by atoms with Gasteiger partial charge in [0, 0.05) is 40.6 Å². The normalized spacial score (nSPS) is 18.2. The van der Waals surface area contributed by atoms with Gasteiger partial charge < -0.3 is 9.88 Å². The minimum Gasteiger partial charge on any atom is -0.357 e. The smallest absolute Gasteiger partial charge is 0.233 e. The first-order chi connectivity index (χ1) is 13.1. The molecule has 2 heterocycles. The van der Waals surface area contributed by atoms with Crippen molar-refractivity contribution < 1.29 is 9.18 Å². The van der Waals surface area contributed by atoms with E-state index in [1.54, 1.807) is 12.1 Å². The lowest BCUT2D eigenvalue weighted by molar-refractivity contribution is -0.142.